The third-order valence-electron chi connectivity index (χ3n) is 10.0. The standard InChI is InChI=1S/C52H90NO9P/c1-6-8-10-12-14-16-18-20-21-22-23-24-25-27-29-31-33-35-39-44-52(56)62-50(48-61-63(57,58)60-46-45-53(3,4)5)47-59-51(55)43-40-36-38-42-49(54)41-37-34-32-30-28-26-19-17-15-13-11-9-7-2/h9,11,15,17,20-21,26,28,32,34,36-38,41,49-50,54H,6-8,10,12-14,16,18-19,22-25,27,29-31,33,35,39-40,42-48H2,1-5H3/p+1/b11-9-,17-15-,21-20-,28-26-,34-32-,38-36-,41-37-/t49?,50-/m1/s1. The van der Waals surface area contributed by atoms with Gasteiger partial charge in [-0.1, -0.05) is 176 Å². The Labute approximate surface area is 384 Å². The predicted molar refractivity (Wildman–Crippen MR) is 262 cm³/mol. The fourth-order valence-corrected chi connectivity index (χ4v) is 6.92. The van der Waals surface area contributed by atoms with Crippen LogP contribution in [0.4, 0.5) is 0 Å². The molecule has 0 aromatic carbocycles. The van der Waals surface area contributed by atoms with Gasteiger partial charge in [-0.25, -0.2) is 4.57 Å². The van der Waals surface area contributed by atoms with Gasteiger partial charge in [-0.15, -0.1) is 0 Å². The molecule has 2 unspecified atom stereocenters. The Morgan fingerprint density at radius 2 is 1.13 bits per heavy atom. The molecule has 10 nitrogen and oxygen atoms in total. The molecule has 0 amide bonds. The number of likely N-dealkylation sites (N-methyl/N-ethyl adjacent to an activating group) is 1. The maximum Gasteiger partial charge on any atom is 0.472 e. The van der Waals surface area contributed by atoms with Crippen molar-refractivity contribution < 1.29 is 47.2 Å². The van der Waals surface area contributed by atoms with Crippen LogP contribution in [0.25, 0.3) is 0 Å². The normalized spacial score (nSPS) is 14.7. The van der Waals surface area contributed by atoms with Gasteiger partial charge >= 0.3 is 19.8 Å². The van der Waals surface area contributed by atoms with Gasteiger partial charge in [0.05, 0.1) is 33.9 Å². The van der Waals surface area contributed by atoms with Crippen molar-refractivity contribution in [3.63, 3.8) is 0 Å². The minimum atomic E-state index is -4.42. The lowest BCUT2D eigenvalue weighted by molar-refractivity contribution is -0.870. The highest BCUT2D eigenvalue weighted by molar-refractivity contribution is 7.47. The number of hydrogen-bond acceptors (Lipinski definition) is 8. The van der Waals surface area contributed by atoms with E-state index in [0.717, 1.165) is 44.9 Å². The van der Waals surface area contributed by atoms with Crippen molar-refractivity contribution in [2.75, 3.05) is 47.5 Å². The molecule has 0 saturated carbocycles. The molecule has 0 aliphatic carbocycles. The van der Waals surface area contributed by atoms with E-state index < -0.39 is 38.6 Å². The van der Waals surface area contributed by atoms with Crippen LogP contribution in [0.2, 0.25) is 0 Å². The number of carbonyl (C=O) groups is 2. The third-order valence-corrected chi connectivity index (χ3v) is 11.0. The van der Waals surface area contributed by atoms with Crippen LogP contribution in [0, 0.1) is 0 Å². The van der Waals surface area contributed by atoms with Crippen LogP contribution < -0.4 is 0 Å². The van der Waals surface area contributed by atoms with E-state index >= 15 is 0 Å². The highest BCUT2D eigenvalue weighted by Crippen LogP contribution is 2.43. The number of nitrogens with zero attached hydrogens (tertiary/aromatic N) is 1. The first-order chi connectivity index (χ1) is 30.4. The van der Waals surface area contributed by atoms with Crippen LogP contribution in [0.3, 0.4) is 0 Å². The van der Waals surface area contributed by atoms with Crippen molar-refractivity contribution in [2.24, 2.45) is 0 Å². The van der Waals surface area contributed by atoms with Crippen molar-refractivity contribution >= 4 is 19.8 Å². The van der Waals surface area contributed by atoms with Crippen molar-refractivity contribution in [3.05, 3.63) is 85.1 Å². The summed E-state index contributed by atoms with van der Waals surface area (Å²) >= 11 is 0. The van der Waals surface area contributed by atoms with Crippen LogP contribution in [0.5, 0.6) is 0 Å². The smallest absolute Gasteiger partial charge is 0.462 e. The SMILES string of the molecule is CC/C=C\C/C=C\C/C=C\C/C=C\C=C/C(O)C/C=C\CCC(=O)OC[C@H](COP(=O)(O)OCC[N+](C)(C)C)OC(=O)CCCCCCCCCCC/C=C\CCCCCCCC. The Morgan fingerprint density at radius 1 is 0.587 bits per heavy atom. The summed E-state index contributed by atoms with van der Waals surface area (Å²) in [5, 5.41) is 10.2. The first-order valence-corrected chi connectivity index (χ1v) is 25.9. The molecule has 0 aromatic rings. The number of aliphatic hydroxyl groups is 1. The van der Waals surface area contributed by atoms with Gasteiger partial charge in [0.1, 0.15) is 19.8 Å². The molecular weight excluding hydrogens is 814 g/mol. The summed E-state index contributed by atoms with van der Waals surface area (Å²) in [4.78, 5) is 35.5. The molecule has 362 valence electrons. The van der Waals surface area contributed by atoms with Gasteiger partial charge in [0.25, 0.3) is 0 Å². The molecule has 0 aliphatic rings. The van der Waals surface area contributed by atoms with Gasteiger partial charge in [-0.3, -0.25) is 18.6 Å². The zero-order valence-corrected chi connectivity index (χ0v) is 41.3. The van der Waals surface area contributed by atoms with Crippen molar-refractivity contribution in [1.82, 2.24) is 0 Å². The summed E-state index contributed by atoms with van der Waals surface area (Å²) < 4.78 is 34.2. The van der Waals surface area contributed by atoms with E-state index in [0.29, 0.717) is 30.3 Å². The summed E-state index contributed by atoms with van der Waals surface area (Å²) in [5.41, 5.74) is 0. The fourth-order valence-electron chi connectivity index (χ4n) is 6.18. The Morgan fingerprint density at radius 3 is 1.71 bits per heavy atom. The molecule has 0 bridgehead atoms. The monoisotopic (exact) mass is 905 g/mol. The van der Waals surface area contributed by atoms with Gasteiger partial charge < -0.3 is 24.0 Å². The number of unbranched alkanes of at least 4 members (excludes halogenated alkanes) is 15. The number of hydrogen-bond donors (Lipinski definition) is 2. The second-order valence-corrected chi connectivity index (χ2v) is 18.8. The van der Waals surface area contributed by atoms with Crippen LogP contribution in [-0.2, 0) is 32.7 Å². The van der Waals surface area contributed by atoms with Gasteiger partial charge in [-0.2, -0.15) is 0 Å². The summed E-state index contributed by atoms with van der Waals surface area (Å²) in [5.74, 6) is -0.987. The van der Waals surface area contributed by atoms with E-state index in [9.17, 15) is 24.2 Å². The summed E-state index contributed by atoms with van der Waals surface area (Å²) in [6, 6.07) is 0. The maximum atomic E-state index is 12.7. The van der Waals surface area contributed by atoms with Gasteiger partial charge in [0, 0.05) is 12.8 Å². The topological polar surface area (TPSA) is 129 Å². The lowest BCUT2D eigenvalue weighted by Gasteiger charge is -2.24. The molecule has 0 aliphatic heterocycles. The zero-order chi connectivity index (χ0) is 46.5. The number of allylic oxidation sites excluding steroid dienone is 12. The van der Waals surface area contributed by atoms with Crippen LogP contribution in [0.15, 0.2) is 85.1 Å². The fraction of sp³-hybridized carbons (Fsp3) is 0.692. The molecule has 63 heavy (non-hydrogen) atoms. The lowest BCUT2D eigenvalue weighted by atomic mass is 10.1. The Balaban J connectivity index is 4.50. The first kappa shape index (κ1) is 60.2. The molecule has 0 fully saturated rings. The zero-order valence-electron chi connectivity index (χ0n) is 40.4. The minimum Gasteiger partial charge on any atom is -0.462 e. The second kappa shape index (κ2) is 43.1. The highest BCUT2D eigenvalue weighted by atomic mass is 31.2. The van der Waals surface area contributed by atoms with Gasteiger partial charge in [0.15, 0.2) is 6.10 Å². The lowest BCUT2D eigenvalue weighted by Crippen LogP contribution is -2.37. The highest BCUT2D eigenvalue weighted by Gasteiger charge is 2.27. The number of ether oxygens (including phenoxy) is 2. The maximum absolute atomic E-state index is 12.7. The van der Waals surface area contributed by atoms with Gasteiger partial charge in [-0.05, 0) is 70.6 Å². The average Bonchev–Trinajstić information content (AvgIpc) is 3.23. The van der Waals surface area contributed by atoms with Crippen LogP contribution in [0.1, 0.15) is 174 Å². The molecule has 0 saturated heterocycles. The van der Waals surface area contributed by atoms with E-state index in [1.54, 1.807) is 6.08 Å². The van der Waals surface area contributed by atoms with Gasteiger partial charge in [0.2, 0.25) is 0 Å². The average molecular weight is 905 g/mol. The van der Waals surface area contributed by atoms with E-state index in [-0.39, 0.29) is 26.1 Å². The van der Waals surface area contributed by atoms with Crippen LogP contribution in [-0.4, -0.2) is 86.1 Å². The number of phosphoric acid groups is 1. The minimum absolute atomic E-state index is 0.000161. The number of rotatable bonds is 43. The van der Waals surface area contributed by atoms with E-state index in [1.165, 1.54) is 83.5 Å². The molecule has 0 spiro atoms. The predicted octanol–water partition coefficient (Wildman–Crippen LogP) is 13.3. The van der Waals surface area contributed by atoms with E-state index in [2.05, 4.69) is 62.5 Å². The Hall–Kier alpha value is -2.85. The van der Waals surface area contributed by atoms with E-state index in [1.807, 2.05) is 51.5 Å². The Kier molecular flexibility index (Phi) is 41.1. The molecule has 0 radical (unpaired) electrons. The Bertz CT molecular complexity index is 1360. The first-order valence-electron chi connectivity index (χ1n) is 24.4. The number of carbonyl (C=O) groups excluding carboxylic acids is 2. The van der Waals surface area contributed by atoms with Crippen molar-refractivity contribution in [2.45, 2.75) is 187 Å². The van der Waals surface area contributed by atoms with Crippen LogP contribution >= 0.6 is 7.82 Å². The second-order valence-electron chi connectivity index (χ2n) is 17.3. The number of aliphatic hydroxyl groups excluding tert-OH is 1. The molecule has 11 heteroatoms. The summed E-state index contributed by atoms with van der Waals surface area (Å²) in [6.07, 6.45) is 52.4. The quantitative estimate of drug-likeness (QED) is 0.0153. The molecule has 2 N–H and O–H groups in total. The van der Waals surface area contributed by atoms with E-state index in [4.69, 9.17) is 18.5 Å². The third kappa shape index (κ3) is 46.9. The molecular formula is C52H91NO9P+. The summed E-state index contributed by atoms with van der Waals surface area (Å²) in [7, 11) is 1.37. The van der Waals surface area contributed by atoms with Crippen molar-refractivity contribution in [1.29, 1.82) is 0 Å². The molecule has 0 rings (SSSR count). The largest absolute Gasteiger partial charge is 0.472 e. The molecule has 0 aromatic heterocycles. The summed E-state index contributed by atoms with van der Waals surface area (Å²) in [6.45, 7) is 4.09. The van der Waals surface area contributed by atoms with Crippen molar-refractivity contribution in [3.8, 4) is 0 Å². The number of esters is 2. The number of phosphoric ester groups is 1. The molecule has 0 heterocycles. The number of quaternary nitrogens is 1. The molecule has 3 atom stereocenters.